The van der Waals surface area contributed by atoms with E-state index in [1.807, 2.05) is 27.7 Å². The topological polar surface area (TPSA) is 186 Å². The van der Waals surface area contributed by atoms with Gasteiger partial charge in [-0.05, 0) is 49.3 Å². The van der Waals surface area contributed by atoms with Gasteiger partial charge in [0.1, 0.15) is 23.7 Å². The Balaban J connectivity index is 2.82. The van der Waals surface area contributed by atoms with Gasteiger partial charge in [-0.25, -0.2) is 4.79 Å². The number of carbonyl (C=O) groups excluding carboxylic acids is 6. The molecule has 0 aliphatic carbocycles. The molecule has 0 radical (unpaired) electrons. The number of ether oxygens (including phenoxy) is 1. The zero-order valence-electron chi connectivity index (χ0n) is 27.7. The van der Waals surface area contributed by atoms with Crippen LogP contribution < -0.4 is 27.0 Å². The summed E-state index contributed by atoms with van der Waals surface area (Å²) in [4.78, 5) is 73.8. The highest BCUT2D eigenvalue weighted by Gasteiger charge is 2.28. The Labute approximate surface area is 267 Å². The van der Waals surface area contributed by atoms with Crippen molar-refractivity contribution < 1.29 is 33.5 Å². The molecule has 5 amide bonds. The van der Waals surface area contributed by atoms with Crippen molar-refractivity contribution in [3.05, 3.63) is 29.8 Å². The maximum atomic E-state index is 13.3. The van der Waals surface area contributed by atoms with Crippen LogP contribution >= 0.6 is 0 Å². The third kappa shape index (κ3) is 16.2. The van der Waals surface area contributed by atoms with Gasteiger partial charge in [0.25, 0.3) is 0 Å². The van der Waals surface area contributed by atoms with E-state index in [2.05, 4.69) is 21.3 Å². The fraction of sp³-hybridized carbons (Fsp3) is 0.636. The van der Waals surface area contributed by atoms with Crippen molar-refractivity contribution >= 4 is 41.0 Å². The molecule has 0 aromatic heterocycles. The number of nitrogens with two attached hydrogens (primary N) is 1. The summed E-state index contributed by atoms with van der Waals surface area (Å²) in [5, 5.41) is 10.8. The second-order valence-electron chi connectivity index (χ2n) is 12.0. The van der Waals surface area contributed by atoms with Gasteiger partial charge in [0.2, 0.25) is 17.7 Å². The lowest BCUT2D eigenvalue weighted by Crippen LogP contribution is -2.54. The first-order valence-electron chi connectivity index (χ1n) is 15.9. The molecule has 252 valence electrons. The quantitative estimate of drug-likeness (QED) is 0.121. The fourth-order valence-electron chi connectivity index (χ4n) is 4.41. The third-order valence-corrected chi connectivity index (χ3v) is 7.34. The molecule has 0 heterocycles. The Morgan fingerprint density at radius 1 is 0.822 bits per heavy atom. The van der Waals surface area contributed by atoms with E-state index >= 15 is 0 Å². The average Bonchev–Trinajstić information content (AvgIpc) is 2.99. The van der Waals surface area contributed by atoms with Crippen LogP contribution in [0.15, 0.2) is 24.3 Å². The number of benzene rings is 1. The molecule has 1 aromatic carbocycles. The minimum atomic E-state index is -0.951. The van der Waals surface area contributed by atoms with Gasteiger partial charge in [-0.3, -0.25) is 24.0 Å². The van der Waals surface area contributed by atoms with E-state index in [1.54, 1.807) is 38.1 Å². The van der Waals surface area contributed by atoms with Crippen molar-refractivity contribution in [2.75, 3.05) is 18.5 Å². The number of unbranched alkanes of at least 4 members (excludes halogenated alkanes) is 1. The molecule has 1 rings (SSSR count). The minimum absolute atomic E-state index is 0.0401. The molecule has 0 saturated heterocycles. The summed E-state index contributed by atoms with van der Waals surface area (Å²) in [6.45, 7) is 11.8. The second kappa shape index (κ2) is 21.0. The van der Waals surface area contributed by atoms with Crippen LogP contribution in [0.1, 0.15) is 92.1 Å². The average molecular weight is 632 g/mol. The van der Waals surface area contributed by atoms with Gasteiger partial charge in [0.05, 0.1) is 13.2 Å². The number of rotatable bonds is 22. The normalized spacial score (nSPS) is 13.1. The van der Waals surface area contributed by atoms with E-state index in [1.165, 1.54) is 0 Å². The number of primary amides is 1. The summed E-state index contributed by atoms with van der Waals surface area (Å²) in [5.74, 6) is -1.43. The number of carbonyl (C=O) groups is 6. The third-order valence-electron chi connectivity index (χ3n) is 7.34. The highest BCUT2D eigenvalue weighted by Crippen LogP contribution is 2.14. The van der Waals surface area contributed by atoms with Gasteiger partial charge in [-0.15, -0.1) is 0 Å². The molecule has 0 aliphatic heterocycles. The van der Waals surface area contributed by atoms with Crippen LogP contribution in [0.5, 0.6) is 0 Å². The van der Waals surface area contributed by atoms with E-state index in [9.17, 15) is 28.8 Å². The Bertz CT molecular complexity index is 1120. The summed E-state index contributed by atoms with van der Waals surface area (Å²) in [6, 6.07) is 4.53. The zero-order chi connectivity index (χ0) is 33.9. The number of hydrogen-bond acceptors (Lipinski definition) is 7. The highest BCUT2D eigenvalue weighted by molar-refractivity contribution is 5.98. The number of Topliss-reactive ketones (excluding diaryl/α,β-unsaturated/α-hetero) is 2. The van der Waals surface area contributed by atoms with Gasteiger partial charge >= 0.3 is 6.03 Å². The lowest BCUT2D eigenvalue weighted by molar-refractivity contribution is -0.132. The van der Waals surface area contributed by atoms with Gasteiger partial charge in [0, 0.05) is 43.3 Å². The summed E-state index contributed by atoms with van der Waals surface area (Å²) in [7, 11) is 0. The molecule has 6 N–H and O–H groups in total. The largest absolute Gasteiger partial charge is 0.376 e. The molecule has 0 spiro atoms. The predicted molar refractivity (Wildman–Crippen MR) is 173 cm³/mol. The minimum Gasteiger partial charge on any atom is -0.376 e. The number of nitrogens with one attached hydrogen (secondary N) is 4. The SMILES string of the molecule is CCC(=O)C(C)COCc1ccc(NC(=O)[C@H](CCCNC(N)=O)NC(=O)[C@@H](NC(=O)CCCCC(=O)C(C)C)C(C)C)cc1. The van der Waals surface area contributed by atoms with Gasteiger partial charge in [-0.1, -0.05) is 53.7 Å². The smallest absolute Gasteiger partial charge is 0.312 e. The van der Waals surface area contributed by atoms with Crippen LogP contribution in [-0.2, 0) is 35.3 Å². The number of anilines is 1. The van der Waals surface area contributed by atoms with Crippen LogP contribution in [0.2, 0.25) is 0 Å². The van der Waals surface area contributed by atoms with Crippen molar-refractivity contribution in [1.82, 2.24) is 16.0 Å². The van der Waals surface area contributed by atoms with Crippen LogP contribution in [0.4, 0.5) is 10.5 Å². The lowest BCUT2D eigenvalue weighted by atomic mass is 10.0. The van der Waals surface area contributed by atoms with Crippen molar-refractivity contribution in [2.45, 2.75) is 105 Å². The summed E-state index contributed by atoms with van der Waals surface area (Å²) in [6.07, 6.45) is 2.76. The standard InChI is InChI=1S/C33H53N5O7/c1-7-27(39)23(6)19-45-20-24-14-16-25(17-15-24)36-31(42)26(11-10-18-35-33(34)44)37-32(43)30(22(4)5)38-29(41)13-9-8-12-28(40)21(2)3/h14-17,21-23,26,30H,7-13,18-20H2,1-6H3,(H,36,42)(H,37,43)(H,38,41)(H3,34,35,44)/t23?,26-,30-/m0/s1. The molecule has 12 nitrogen and oxygen atoms in total. The first-order chi connectivity index (χ1) is 21.2. The predicted octanol–water partition coefficient (Wildman–Crippen LogP) is 3.62. The molecule has 0 bridgehead atoms. The lowest BCUT2D eigenvalue weighted by Gasteiger charge is -2.25. The molecule has 3 atom stereocenters. The first-order valence-corrected chi connectivity index (χ1v) is 15.9. The monoisotopic (exact) mass is 631 g/mol. The maximum absolute atomic E-state index is 13.3. The molecular weight excluding hydrogens is 578 g/mol. The van der Waals surface area contributed by atoms with Gasteiger partial charge < -0.3 is 31.7 Å². The Hall–Kier alpha value is -3.80. The number of ketones is 2. The van der Waals surface area contributed by atoms with Crippen molar-refractivity contribution in [3.8, 4) is 0 Å². The molecule has 12 heteroatoms. The van der Waals surface area contributed by atoms with Gasteiger partial charge in [-0.2, -0.15) is 0 Å². The first kappa shape index (κ1) is 39.2. The van der Waals surface area contributed by atoms with Crippen LogP contribution in [0, 0.1) is 17.8 Å². The molecule has 45 heavy (non-hydrogen) atoms. The Kier molecular flexibility index (Phi) is 18.3. The fourth-order valence-corrected chi connectivity index (χ4v) is 4.41. The zero-order valence-corrected chi connectivity index (χ0v) is 27.7. The van der Waals surface area contributed by atoms with Crippen LogP contribution in [0.25, 0.3) is 0 Å². The van der Waals surface area contributed by atoms with E-state index < -0.39 is 29.9 Å². The maximum Gasteiger partial charge on any atom is 0.312 e. The molecule has 0 saturated carbocycles. The molecule has 1 aromatic rings. The van der Waals surface area contributed by atoms with Crippen molar-refractivity contribution in [1.29, 1.82) is 0 Å². The van der Waals surface area contributed by atoms with Crippen molar-refractivity contribution in [2.24, 2.45) is 23.5 Å². The van der Waals surface area contributed by atoms with Crippen molar-refractivity contribution in [3.63, 3.8) is 0 Å². The molecule has 1 unspecified atom stereocenters. The highest BCUT2D eigenvalue weighted by atomic mass is 16.5. The van der Waals surface area contributed by atoms with Gasteiger partial charge in [0.15, 0.2) is 0 Å². The van der Waals surface area contributed by atoms with E-state index in [0.29, 0.717) is 51.0 Å². The summed E-state index contributed by atoms with van der Waals surface area (Å²) < 4.78 is 5.66. The van der Waals surface area contributed by atoms with Crippen LogP contribution in [0.3, 0.4) is 0 Å². The summed E-state index contributed by atoms with van der Waals surface area (Å²) in [5.41, 5.74) is 6.52. The number of urea groups is 1. The number of amides is 5. The van der Waals surface area contributed by atoms with E-state index in [0.717, 1.165) is 5.56 Å². The Morgan fingerprint density at radius 3 is 2.04 bits per heavy atom. The summed E-state index contributed by atoms with van der Waals surface area (Å²) >= 11 is 0. The van der Waals surface area contributed by atoms with Crippen LogP contribution in [-0.4, -0.2) is 60.6 Å². The second-order valence-corrected chi connectivity index (χ2v) is 12.0. The molecule has 0 aliphatic rings. The molecular formula is C33H53N5O7. The van der Waals surface area contributed by atoms with E-state index in [4.69, 9.17) is 10.5 Å². The Morgan fingerprint density at radius 2 is 1.47 bits per heavy atom. The molecule has 0 fully saturated rings. The van der Waals surface area contributed by atoms with E-state index in [-0.39, 0.29) is 54.6 Å². The number of hydrogen-bond donors (Lipinski definition) is 5.